The molecule has 0 saturated heterocycles. The van der Waals surface area contributed by atoms with Crippen molar-refractivity contribution in [3.05, 3.63) is 47.0 Å². The fraction of sp³-hybridized carbons (Fsp3) is 0.500. The average molecular weight is 399 g/mol. The number of nitrogens with zero attached hydrogens (tertiary/aromatic N) is 2. The van der Waals surface area contributed by atoms with Crippen molar-refractivity contribution >= 4 is 17.7 Å². The van der Waals surface area contributed by atoms with Gasteiger partial charge >= 0.3 is 0 Å². The van der Waals surface area contributed by atoms with Gasteiger partial charge in [-0.05, 0) is 56.5 Å². The van der Waals surface area contributed by atoms with Crippen LogP contribution in [0.1, 0.15) is 24.0 Å². The number of nitrogens with one attached hydrogen (secondary N) is 1. The van der Waals surface area contributed by atoms with Crippen molar-refractivity contribution in [2.75, 3.05) is 34.2 Å². The zero-order valence-electron chi connectivity index (χ0n) is 17.4. The van der Waals surface area contributed by atoms with Crippen LogP contribution >= 0.6 is 0 Å². The van der Waals surface area contributed by atoms with Gasteiger partial charge in [-0.2, -0.15) is 0 Å². The van der Waals surface area contributed by atoms with Gasteiger partial charge in [0.05, 0.1) is 5.41 Å². The predicted molar refractivity (Wildman–Crippen MR) is 111 cm³/mol. The summed E-state index contributed by atoms with van der Waals surface area (Å²) >= 11 is 0. The van der Waals surface area contributed by atoms with Gasteiger partial charge in [0.2, 0.25) is 5.91 Å². The second kappa shape index (κ2) is 8.37. The first-order valence-corrected chi connectivity index (χ1v) is 10.0. The van der Waals surface area contributed by atoms with Crippen molar-refractivity contribution in [1.82, 2.24) is 15.1 Å². The number of hydrogen-bond donors (Lipinski definition) is 2. The van der Waals surface area contributed by atoms with Gasteiger partial charge in [-0.25, -0.2) is 0 Å². The van der Waals surface area contributed by atoms with Crippen LogP contribution in [0.4, 0.5) is 0 Å². The van der Waals surface area contributed by atoms with E-state index in [4.69, 9.17) is 5.73 Å². The van der Waals surface area contributed by atoms with Crippen molar-refractivity contribution in [2.24, 2.45) is 17.1 Å². The number of rotatable bonds is 8. The normalized spacial score (nSPS) is 21.9. The molecule has 2 aliphatic rings. The number of likely N-dealkylation sites (N-methyl/N-ethyl adjacent to an activating group) is 2. The molecule has 0 radical (unpaired) electrons. The highest BCUT2D eigenvalue weighted by Crippen LogP contribution is 2.49. The van der Waals surface area contributed by atoms with E-state index < -0.39 is 17.2 Å². The Labute approximate surface area is 171 Å². The van der Waals surface area contributed by atoms with Crippen LogP contribution in [0, 0.1) is 11.3 Å². The van der Waals surface area contributed by atoms with Gasteiger partial charge in [-0.3, -0.25) is 14.4 Å². The summed E-state index contributed by atoms with van der Waals surface area (Å²) in [5.41, 5.74) is 6.98. The molecule has 7 nitrogen and oxygen atoms in total. The molecule has 0 bridgehead atoms. The lowest BCUT2D eigenvalue weighted by Crippen LogP contribution is -2.53. The van der Waals surface area contributed by atoms with E-state index in [0.29, 0.717) is 6.54 Å². The summed E-state index contributed by atoms with van der Waals surface area (Å²) in [6, 6.07) is 8.09. The lowest BCUT2D eigenvalue weighted by molar-refractivity contribution is -0.137. The Balaban J connectivity index is 1.88. The van der Waals surface area contributed by atoms with Gasteiger partial charge in [-0.1, -0.05) is 24.3 Å². The Morgan fingerprint density at radius 1 is 1.28 bits per heavy atom. The lowest BCUT2D eigenvalue weighted by atomic mass is 9.76. The number of carbonyl (C=O) groups is 3. The van der Waals surface area contributed by atoms with Gasteiger partial charge in [0.15, 0.2) is 0 Å². The molecule has 1 aliphatic heterocycles. The third-order valence-electron chi connectivity index (χ3n) is 5.82. The Kier molecular flexibility index (Phi) is 6.07. The maximum absolute atomic E-state index is 13.0. The first kappa shape index (κ1) is 21.0. The number of carbonyl (C=O) groups excluding carboxylic acids is 3. The van der Waals surface area contributed by atoms with Crippen molar-refractivity contribution in [3.63, 3.8) is 0 Å². The van der Waals surface area contributed by atoms with Crippen LogP contribution in [-0.4, -0.2) is 61.8 Å². The minimum atomic E-state index is -0.974. The van der Waals surface area contributed by atoms with E-state index in [2.05, 4.69) is 22.3 Å². The monoisotopic (exact) mass is 398 g/mol. The highest BCUT2D eigenvalue weighted by atomic mass is 16.2. The molecule has 1 aliphatic carbocycles. The number of primary amides is 1. The third-order valence-corrected chi connectivity index (χ3v) is 5.82. The second-order valence-corrected chi connectivity index (χ2v) is 8.35. The molecule has 1 heterocycles. The summed E-state index contributed by atoms with van der Waals surface area (Å²) in [4.78, 5) is 41.5. The fourth-order valence-corrected chi connectivity index (χ4v) is 4.00. The molecule has 7 heteroatoms. The number of amides is 3. The summed E-state index contributed by atoms with van der Waals surface area (Å²) < 4.78 is 0. The smallest absolute Gasteiger partial charge is 0.259 e. The van der Waals surface area contributed by atoms with Crippen LogP contribution in [0.15, 0.2) is 35.9 Å². The van der Waals surface area contributed by atoms with E-state index in [1.807, 2.05) is 26.2 Å². The highest BCUT2D eigenvalue weighted by Gasteiger charge is 2.53. The molecule has 1 saturated carbocycles. The van der Waals surface area contributed by atoms with Crippen molar-refractivity contribution in [3.8, 4) is 0 Å². The first-order valence-electron chi connectivity index (χ1n) is 10.0. The Morgan fingerprint density at radius 3 is 2.55 bits per heavy atom. The van der Waals surface area contributed by atoms with Gasteiger partial charge in [0.25, 0.3) is 11.8 Å². The molecule has 156 valence electrons. The molecule has 1 fully saturated rings. The molecule has 3 rings (SSSR count). The molecule has 29 heavy (non-hydrogen) atoms. The average Bonchev–Trinajstić information content (AvgIpc) is 3.53. The second-order valence-electron chi connectivity index (χ2n) is 8.35. The van der Waals surface area contributed by atoms with E-state index >= 15 is 0 Å². The highest BCUT2D eigenvalue weighted by molar-refractivity contribution is 6.19. The van der Waals surface area contributed by atoms with Crippen molar-refractivity contribution < 1.29 is 14.4 Å². The summed E-state index contributed by atoms with van der Waals surface area (Å²) in [6.45, 7) is 1.49. The molecule has 3 amide bonds. The van der Waals surface area contributed by atoms with Crippen LogP contribution in [0.5, 0.6) is 0 Å². The maximum Gasteiger partial charge on any atom is 0.259 e. The summed E-state index contributed by atoms with van der Waals surface area (Å²) in [5.74, 6) is -1.23. The number of benzene rings is 1. The van der Waals surface area contributed by atoms with Crippen LogP contribution in [0.25, 0.3) is 0 Å². The van der Waals surface area contributed by atoms with E-state index in [1.165, 1.54) is 18.7 Å². The molecule has 0 spiro atoms. The Bertz CT molecular complexity index is 844. The van der Waals surface area contributed by atoms with Crippen LogP contribution < -0.4 is 11.1 Å². The zero-order valence-corrected chi connectivity index (χ0v) is 17.4. The van der Waals surface area contributed by atoms with Gasteiger partial charge in [0, 0.05) is 26.7 Å². The van der Waals surface area contributed by atoms with Gasteiger partial charge in [0.1, 0.15) is 5.57 Å². The molecular formula is C22H30N4O3. The number of nitrogens with two attached hydrogens (primary N) is 1. The first-order chi connectivity index (χ1) is 13.8. The standard InChI is InChI=1S/C22H30N4O3/c1-24-19(27)18-12-22(21(23)29,17-7-8-17)14-26(20(18)28)13-16-6-4-5-15(11-16)9-10-25(2)3/h4-6,11-12,17H,7-10,13-14H2,1-3H3,(H2,23,29)(H,24,27). The zero-order chi connectivity index (χ0) is 21.2. The van der Waals surface area contributed by atoms with E-state index in [0.717, 1.165) is 31.4 Å². The third kappa shape index (κ3) is 4.50. The topological polar surface area (TPSA) is 95.7 Å². The van der Waals surface area contributed by atoms with E-state index in [9.17, 15) is 14.4 Å². The lowest BCUT2D eigenvalue weighted by Gasteiger charge is -2.39. The minimum Gasteiger partial charge on any atom is -0.369 e. The molecule has 3 N–H and O–H groups in total. The van der Waals surface area contributed by atoms with Gasteiger partial charge in [-0.15, -0.1) is 0 Å². The minimum absolute atomic E-state index is 0.00760. The fourth-order valence-electron chi connectivity index (χ4n) is 4.00. The molecule has 1 atom stereocenters. The summed E-state index contributed by atoms with van der Waals surface area (Å²) in [7, 11) is 5.54. The maximum atomic E-state index is 13.0. The van der Waals surface area contributed by atoms with Crippen LogP contribution in [0.2, 0.25) is 0 Å². The molecule has 1 aromatic rings. The van der Waals surface area contributed by atoms with E-state index in [1.54, 1.807) is 4.90 Å². The molecule has 1 aromatic carbocycles. The quantitative estimate of drug-likeness (QED) is 0.630. The molecule has 0 aromatic heterocycles. The van der Waals surface area contributed by atoms with Crippen molar-refractivity contribution in [1.29, 1.82) is 0 Å². The molecule has 1 unspecified atom stereocenters. The Morgan fingerprint density at radius 2 is 1.97 bits per heavy atom. The van der Waals surface area contributed by atoms with Crippen LogP contribution in [-0.2, 0) is 27.3 Å². The summed E-state index contributed by atoms with van der Waals surface area (Å²) in [5, 5.41) is 2.51. The molecular weight excluding hydrogens is 368 g/mol. The van der Waals surface area contributed by atoms with E-state index in [-0.39, 0.29) is 23.9 Å². The SMILES string of the molecule is CNC(=O)C1=CC(C(N)=O)(C2CC2)CN(Cc2cccc(CCN(C)C)c2)C1=O. The van der Waals surface area contributed by atoms with Crippen LogP contribution in [0.3, 0.4) is 0 Å². The van der Waals surface area contributed by atoms with Gasteiger partial charge < -0.3 is 20.9 Å². The van der Waals surface area contributed by atoms with Crippen molar-refractivity contribution in [2.45, 2.75) is 25.8 Å². The Hall–Kier alpha value is -2.67. The predicted octanol–water partition coefficient (Wildman–Crippen LogP) is 0.687. The summed E-state index contributed by atoms with van der Waals surface area (Å²) in [6.07, 6.45) is 4.19. The largest absolute Gasteiger partial charge is 0.369 e. The number of hydrogen-bond acceptors (Lipinski definition) is 4.